The predicted octanol–water partition coefficient (Wildman–Crippen LogP) is 3.40. The van der Waals surface area contributed by atoms with Crippen LogP contribution in [0.3, 0.4) is 0 Å². The van der Waals surface area contributed by atoms with E-state index in [0.29, 0.717) is 24.0 Å². The summed E-state index contributed by atoms with van der Waals surface area (Å²) in [4.78, 5) is 25.1. The number of hydrogen-bond acceptors (Lipinski definition) is 7. The maximum atomic E-state index is 12.6. The average Bonchev–Trinajstić information content (AvgIpc) is 3.62. The van der Waals surface area contributed by atoms with Crippen LogP contribution in [0.2, 0.25) is 0 Å². The number of carbonyl (C=O) groups is 2. The van der Waals surface area contributed by atoms with Gasteiger partial charge in [0.05, 0.1) is 12.2 Å². The van der Waals surface area contributed by atoms with E-state index in [1.165, 1.54) is 0 Å². The summed E-state index contributed by atoms with van der Waals surface area (Å²) in [5, 5.41) is 11.3. The summed E-state index contributed by atoms with van der Waals surface area (Å²) in [7, 11) is 0. The number of ether oxygens (including phenoxy) is 4. The third kappa shape index (κ3) is 4.43. The van der Waals surface area contributed by atoms with Gasteiger partial charge in [0.1, 0.15) is 29.5 Å². The third-order valence-corrected chi connectivity index (χ3v) is 7.42. The highest BCUT2D eigenvalue weighted by atomic mass is 16.7. The van der Waals surface area contributed by atoms with E-state index in [0.717, 1.165) is 5.57 Å². The van der Waals surface area contributed by atoms with Gasteiger partial charge < -0.3 is 24.1 Å². The Kier molecular flexibility index (Phi) is 6.76. The van der Waals surface area contributed by atoms with Crippen molar-refractivity contribution in [2.24, 2.45) is 5.92 Å². The molecule has 8 unspecified atom stereocenters. The van der Waals surface area contributed by atoms with Gasteiger partial charge in [-0.1, -0.05) is 24.3 Å². The normalized spacial score (nSPS) is 41.6. The molecule has 1 N–H and O–H groups in total. The van der Waals surface area contributed by atoms with Crippen molar-refractivity contribution in [1.29, 1.82) is 0 Å². The Hall–Kier alpha value is -1.96. The van der Waals surface area contributed by atoms with Gasteiger partial charge in [0.25, 0.3) is 0 Å². The molecule has 0 aromatic heterocycles. The van der Waals surface area contributed by atoms with Crippen molar-refractivity contribution in [3.63, 3.8) is 0 Å². The minimum absolute atomic E-state index is 0.229. The molecule has 1 saturated carbocycles. The van der Waals surface area contributed by atoms with E-state index >= 15 is 0 Å². The van der Waals surface area contributed by atoms with Crippen LogP contribution in [0, 0.1) is 5.92 Å². The Morgan fingerprint density at radius 2 is 1.44 bits per heavy atom. The van der Waals surface area contributed by atoms with Crippen molar-refractivity contribution in [3.8, 4) is 0 Å². The number of hydrogen-bond donors (Lipinski definition) is 1. The molecule has 3 aliphatic rings. The molecule has 32 heavy (non-hydrogen) atoms. The highest BCUT2D eigenvalue weighted by Gasteiger charge is 2.68. The summed E-state index contributed by atoms with van der Waals surface area (Å²) in [6.07, 6.45) is 1.23. The Labute approximate surface area is 190 Å². The molecule has 0 amide bonds. The van der Waals surface area contributed by atoms with Gasteiger partial charge in [-0.05, 0) is 54.9 Å². The number of carbonyl (C=O) groups excluding carboxylic acids is 2. The molecule has 7 heteroatoms. The molecule has 3 fully saturated rings. The Morgan fingerprint density at radius 3 is 1.97 bits per heavy atom. The number of fused-ring (bicyclic) bond motifs is 2. The zero-order chi connectivity index (χ0) is 24.0. The van der Waals surface area contributed by atoms with Crippen LogP contribution in [0.4, 0.5) is 0 Å². The molecular weight excluding hydrogens is 412 g/mol. The molecule has 2 saturated heterocycles. The van der Waals surface area contributed by atoms with Crippen molar-refractivity contribution < 1.29 is 33.6 Å². The minimum Gasteiger partial charge on any atom is -0.456 e. The number of aliphatic hydroxyl groups excluding tert-OH is 1. The fourth-order valence-corrected chi connectivity index (χ4v) is 4.46. The van der Waals surface area contributed by atoms with E-state index in [-0.39, 0.29) is 18.1 Å². The largest absolute Gasteiger partial charge is 0.456 e. The molecule has 2 aliphatic heterocycles. The summed E-state index contributed by atoms with van der Waals surface area (Å²) in [6, 6.07) is 0. The van der Waals surface area contributed by atoms with Gasteiger partial charge in [0.15, 0.2) is 0 Å². The van der Waals surface area contributed by atoms with E-state index < -0.39 is 41.5 Å². The first-order valence-corrected chi connectivity index (χ1v) is 11.3. The van der Waals surface area contributed by atoms with Crippen molar-refractivity contribution in [3.05, 3.63) is 35.5 Å². The van der Waals surface area contributed by atoms with Crippen LogP contribution < -0.4 is 0 Å². The molecular formula is C25H36O7. The lowest BCUT2D eigenvalue weighted by Gasteiger charge is -2.34. The van der Waals surface area contributed by atoms with E-state index in [2.05, 4.69) is 6.58 Å². The Bertz CT molecular complexity index is 858. The Morgan fingerprint density at radius 1 is 0.938 bits per heavy atom. The fourth-order valence-electron chi connectivity index (χ4n) is 4.46. The lowest BCUT2D eigenvalue weighted by atomic mass is 9.78. The van der Waals surface area contributed by atoms with Crippen molar-refractivity contribution in [2.45, 2.75) is 103 Å². The Balaban J connectivity index is 1.92. The number of allylic oxidation sites excluding steroid dienone is 2. The quantitative estimate of drug-likeness (QED) is 0.298. The first-order chi connectivity index (χ1) is 14.9. The number of esters is 2. The molecule has 0 aromatic carbocycles. The lowest BCUT2D eigenvalue weighted by molar-refractivity contribution is -0.157. The van der Waals surface area contributed by atoms with Gasteiger partial charge in [0, 0.05) is 23.5 Å². The molecule has 8 atom stereocenters. The number of rotatable bonds is 5. The van der Waals surface area contributed by atoms with E-state index in [4.69, 9.17) is 18.9 Å². The summed E-state index contributed by atoms with van der Waals surface area (Å²) < 4.78 is 23.7. The number of aliphatic hydroxyl groups is 1. The zero-order valence-electron chi connectivity index (χ0n) is 20.1. The van der Waals surface area contributed by atoms with E-state index in [1.54, 1.807) is 46.8 Å². The van der Waals surface area contributed by atoms with Crippen molar-refractivity contribution >= 4 is 11.9 Å². The monoisotopic (exact) mass is 448 g/mol. The molecule has 3 rings (SSSR count). The van der Waals surface area contributed by atoms with Crippen LogP contribution in [-0.2, 0) is 28.5 Å². The second-order valence-corrected chi connectivity index (χ2v) is 9.66. The molecule has 0 spiro atoms. The van der Waals surface area contributed by atoms with E-state index in [1.807, 2.05) is 13.8 Å². The van der Waals surface area contributed by atoms with Gasteiger partial charge in [-0.15, -0.1) is 0 Å². The van der Waals surface area contributed by atoms with Crippen molar-refractivity contribution in [2.75, 3.05) is 0 Å². The summed E-state index contributed by atoms with van der Waals surface area (Å²) in [5.74, 6) is -1.22. The van der Waals surface area contributed by atoms with Crippen LogP contribution in [0.15, 0.2) is 35.5 Å². The highest BCUT2D eigenvalue weighted by Crippen LogP contribution is 2.53. The third-order valence-electron chi connectivity index (χ3n) is 7.42. The topological polar surface area (TPSA) is 97.9 Å². The van der Waals surface area contributed by atoms with Gasteiger partial charge in [-0.2, -0.15) is 0 Å². The summed E-state index contributed by atoms with van der Waals surface area (Å²) in [5.41, 5.74) is 0.152. The van der Waals surface area contributed by atoms with Gasteiger partial charge in [0.2, 0.25) is 0 Å². The standard InChI is InChI=1S/C25H36O7/c1-9-14(5)22(27)29-17-12-19-25(8,32-19)21(26)20(30-23(28)15(6)10-2)16(13(3)4)11-18-24(17,7)31-18/h9-10,16-21,26H,3,11-12H2,1-2,4-8H3. The van der Waals surface area contributed by atoms with Crippen LogP contribution >= 0.6 is 0 Å². The molecule has 0 radical (unpaired) electrons. The summed E-state index contributed by atoms with van der Waals surface area (Å²) in [6.45, 7) is 16.6. The molecule has 0 bridgehead atoms. The van der Waals surface area contributed by atoms with Gasteiger partial charge in [-0.25, -0.2) is 9.59 Å². The molecule has 0 aromatic rings. The first kappa shape index (κ1) is 24.7. The van der Waals surface area contributed by atoms with Crippen LogP contribution in [0.25, 0.3) is 0 Å². The second-order valence-electron chi connectivity index (χ2n) is 9.66. The van der Waals surface area contributed by atoms with Gasteiger partial charge in [-0.3, -0.25) is 0 Å². The van der Waals surface area contributed by atoms with Crippen LogP contribution in [0.1, 0.15) is 61.3 Å². The number of epoxide rings is 2. The maximum Gasteiger partial charge on any atom is 0.333 e. The molecule has 1 aliphatic carbocycles. The molecule has 2 heterocycles. The summed E-state index contributed by atoms with van der Waals surface area (Å²) >= 11 is 0. The SMILES string of the molecule is C=C(C)C1CC2OC2(C)C(OC(=O)C(C)=CC)CC2OC2(C)C(O)C1OC(=O)C(C)=CC. The molecule has 178 valence electrons. The van der Waals surface area contributed by atoms with Gasteiger partial charge >= 0.3 is 11.9 Å². The maximum absolute atomic E-state index is 12.6. The second kappa shape index (κ2) is 8.76. The lowest BCUT2D eigenvalue weighted by Crippen LogP contribution is -2.49. The zero-order valence-corrected chi connectivity index (χ0v) is 20.1. The molecule has 7 nitrogen and oxygen atoms in total. The highest BCUT2D eigenvalue weighted by molar-refractivity contribution is 5.88. The van der Waals surface area contributed by atoms with Crippen LogP contribution in [-0.4, -0.2) is 58.8 Å². The smallest absolute Gasteiger partial charge is 0.333 e. The van der Waals surface area contributed by atoms with E-state index in [9.17, 15) is 14.7 Å². The minimum atomic E-state index is -1.07. The fraction of sp³-hybridized carbons (Fsp3) is 0.680. The average molecular weight is 449 g/mol. The first-order valence-electron chi connectivity index (χ1n) is 11.3. The van der Waals surface area contributed by atoms with Crippen molar-refractivity contribution in [1.82, 2.24) is 0 Å². The van der Waals surface area contributed by atoms with Crippen LogP contribution in [0.5, 0.6) is 0 Å². The predicted molar refractivity (Wildman–Crippen MR) is 119 cm³/mol.